The minimum atomic E-state index is -0.0573. The zero-order valence-electron chi connectivity index (χ0n) is 10.5. The van der Waals surface area contributed by atoms with Crippen molar-refractivity contribution in [3.05, 3.63) is 16.8 Å². The van der Waals surface area contributed by atoms with E-state index in [-0.39, 0.29) is 5.69 Å². The molecule has 1 aliphatic rings. The van der Waals surface area contributed by atoms with Gasteiger partial charge in [0.05, 0.1) is 0 Å². The number of rotatable bonds is 1. The highest BCUT2D eigenvalue weighted by Gasteiger charge is 2.20. The molecule has 0 aliphatic carbocycles. The van der Waals surface area contributed by atoms with Gasteiger partial charge in [0, 0.05) is 38.7 Å². The van der Waals surface area contributed by atoms with E-state index >= 15 is 0 Å². The molecule has 6 nitrogen and oxygen atoms in total. The minimum absolute atomic E-state index is 0.0573. The lowest BCUT2D eigenvalue weighted by Gasteiger charge is -2.27. The molecule has 1 saturated heterocycles. The van der Waals surface area contributed by atoms with E-state index in [9.17, 15) is 4.79 Å². The Morgan fingerprint density at radius 1 is 1.17 bits per heavy atom. The van der Waals surface area contributed by atoms with Gasteiger partial charge in [-0.2, -0.15) is 11.8 Å². The molecule has 2 aromatic rings. The fourth-order valence-corrected chi connectivity index (χ4v) is 3.23. The van der Waals surface area contributed by atoms with Gasteiger partial charge in [0.1, 0.15) is 11.8 Å². The van der Waals surface area contributed by atoms with Gasteiger partial charge < -0.3 is 4.90 Å². The molecule has 96 valence electrons. The predicted molar refractivity (Wildman–Crippen MR) is 73.3 cm³/mol. The molecule has 0 aromatic carbocycles. The van der Waals surface area contributed by atoms with E-state index in [1.165, 1.54) is 0 Å². The second-order valence-electron chi connectivity index (χ2n) is 4.37. The molecule has 0 saturated carbocycles. The lowest BCUT2D eigenvalue weighted by Crippen LogP contribution is -2.33. The lowest BCUT2D eigenvalue weighted by molar-refractivity contribution is 0.788. The number of nitrogens with zero attached hydrogens (tertiary/aromatic N) is 5. The Morgan fingerprint density at radius 2 is 1.89 bits per heavy atom. The van der Waals surface area contributed by atoms with E-state index < -0.39 is 0 Å². The van der Waals surface area contributed by atoms with Crippen molar-refractivity contribution in [3.63, 3.8) is 0 Å². The van der Waals surface area contributed by atoms with Gasteiger partial charge in [-0.1, -0.05) is 0 Å². The van der Waals surface area contributed by atoms with Crippen LogP contribution in [0.3, 0.4) is 0 Å². The van der Waals surface area contributed by atoms with Crippen molar-refractivity contribution in [2.75, 3.05) is 29.5 Å². The number of anilines is 1. The van der Waals surface area contributed by atoms with Crippen LogP contribution >= 0.6 is 11.8 Å². The first-order valence-electron chi connectivity index (χ1n) is 5.89. The molecule has 18 heavy (non-hydrogen) atoms. The van der Waals surface area contributed by atoms with Crippen molar-refractivity contribution >= 4 is 28.7 Å². The molecule has 0 radical (unpaired) electrons. The van der Waals surface area contributed by atoms with Crippen LogP contribution in [0.4, 0.5) is 5.82 Å². The molecule has 0 atom stereocenters. The highest BCUT2D eigenvalue weighted by atomic mass is 32.2. The summed E-state index contributed by atoms with van der Waals surface area (Å²) in [5.74, 6) is 3.08. The summed E-state index contributed by atoms with van der Waals surface area (Å²) >= 11 is 1.95. The summed E-state index contributed by atoms with van der Waals surface area (Å²) in [6.45, 7) is 1.94. The van der Waals surface area contributed by atoms with Gasteiger partial charge in [0.25, 0.3) is 0 Å². The Balaban J connectivity index is 2.23. The smallest absolute Gasteiger partial charge is 0.329 e. The van der Waals surface area contributed by atoms with Crippen LogP contribution in [0.2, 0.25) is 0 Å². The molecule has 0 N–H and O–H groups in total. The van der Waals surface area contributed by atoms with Crippen molar-refractivity contribution in [1.82, 2.24) is 19.1 Å². The summed E-state index contributed by atoms with van der Waals surface area (Å²) < 4.78 is 3.20. The topological polar surface area (TPSA) is 56.0 Å². The van der Waals surface area contributed by atoms with E-state index in [4.69, 9.17) is 0 Å². The number of fused-ring (bicyclic) bond motifs is 1. The van der Waals surface area contributed by atoms with Crippen molar-refractivity contribution in [2.45, 2.75) is 0 Å². The summed E-state index contributed by atoms with van der Waals surface area (Å²) in [4.78, 5) is 22.8. The number of aromatic nitrogens is 4. The third-order valence-corrected chi connectivity index (χ3v) is 4.26. The van der Waals surface area contributed by atoms with Gasteiger partial charge in [-0.05, 0) is 0 Å². The van der Waals surface area contributed by atoms with Crippen molar-refractivity contribution in [2.24, 2.45) is 14.1 Å². The van der Waals surface area contributed by atoms with E-state index in [2.05, 4.69) is 14.9 Å². The molecular formula is C11H15N5OS. The summed E-state index contributed by atoms with van der Waals surface area (Å²) in [5, 5.41) is 0. The monoisotopic (exact) mass is 265 g/mol. The van der Waals surface area contributed by atoms with Gasteiger partial charge in [0.2, 0.25) is 0 Å². The third-order valence-electron chi connectivity index (χ3n) is 3.32. The predicted octanol–water partition coefficient (Wildman–Crippen LogP) is 0.220. The molecule has 0 amide bonds. The molecular weight excluding hydrogens is 250 g/mol. The molecule has 2 aromatic heterocycles. The van der Waals surface area contributed by atoms with Crippen LogP contribution in [0.15, 0.2) is 11.1 Å². The van der Waals surface area contributed by atoms with E-state index in [1.807, 2.05) is 11.8 Å². The van der Waals surface area contributed by atoms with Crippen molar-refractivity contribution in [1.29, 1.82) is 0 Å². The lowest BCUT2D eigenvalue weighted by atomic mass is 10.4. The van der Waals surface area contributed by atoms with E-state index in [0.717, 1.165) is 35.9 Å². The highest BCUT2D eigenvalue weighted by molar-refractivity contribution is 7.99. The van der Waals surface area contributed by atoms with Crippen LogP contribution in [-0.2, 0) is 14.1 Å². The second-order valence-corrected chi connectivity index (χ2v) is 5.59. The average Bonchev–Trinajstić information content (AvgIpc) is 2.65. The number of thioether (sulfide) groups is 1. The summed E-state index contributed by atoms with van der Waals surface area (Å²) in [6.07, 6.45) is 1.54. The first-order valence-corrected chi connectivity index (χ1v) is 7.04. The summed E-state index contributed by atoms with van der Waals surface area (Å²) in [6, 6.07) is 0. The van der Waals surface area contributed by atoms with Crippen LogP contribution in [0.1, 0.15) is 0 Å². The molecule has 1 fully saturated rings. The molecule has 1 aliphatic heterocycles. The summed E-state index contributed by atoms with van der Waals surface area (Å²) in [5.41, 5.74) is 1.47. The number of hydrogen-bond acceptors (Lipinski definition) is 5. The van der Waals surface area contributed by atoms with Crippen molar-refractivity contribution in [3.8, 4) is 0 Å². The van der Waals surface area contributed by atoms with E-state index in [1.54, 1.807) is 29.6 Å². The normalized spacial score (nSPS) is 16.4. The maximum atomic E-state index is 12.0. The van der Waals surface area contributed by atoms with Gasteiger partial charge in [-0.25, -0.2) is 14.8 Å². The second kappa shape index (κ2) is 4.31. The van der Waals surface area contributed by atoms with Gasteiger partial charge >= 0.3 is 5.69 Å². The molecule has 0 bridgehead atoms. The Bertz CT molecular complexity index is 641. The summed E-state index contributed by atoms with van der Waals surface area (Å²) in [7, 11) is 3.52. The molecule has 0 spiro atoms. The Kier molecular flexibility index (Phi) is 2.77. The Morgan fingerprint density at radius 3 is 2.61 bits per heavy atom. The number of aryl methyl sites for hydroxylation is 2. The van der Waals surface area contributed by atoms with Crippen LogP contribution in [-0.4, -0.2) is 43.7 Å². The molecule has 0 unspecified atom stereocenters. The SMILES string of the molecule is Cn1c(=O)n(C)c2c(N3CCSCC3)ncnc21. The highest BCUT2D eigenvalue weighted by Crippen LogP contribution is 2.23. The van der Waals surface area contributed by atoms with Gasteiger partial charge in [0.15, 0.2) is 11.5 Å². The average molecular weight is 265 g/mol. The fourth-order valence-electron chi connectivity index (χ4n) is 2.32. The zero-order chi connectivity index (χ0) is 12.7. The maximum Gasteiger partial charge on any atom is 0.329 e. The molecule has 3 rings (SSSR count). The van der Waals surface area contributed by atoms with Crippen LogP contribution in [0.25, 0.3) is 11.2 Å². The van der Waals surface area contributed by atoms with E-state index in [0.29, 0.717) is 5.65 Å². The van der Waals surface area contributed by atoms with Crippen LogP contribution in [0.5, 0.6) is 0 Å². The van der Waals surface area contributed by atoms with Gasteiger partial charge in [-0.3, -0.25) is 9.13 Å². The quantitative estimate of drug-likeness (QED) is 0.738. The van der Waals surface area contributed by atoms with Gasteiger partial charge in [-0.15, -0.1) is 0 Å². The van der Waals surface area contributed by atoms with Crippen LogP contribution < -0.4 is 10.6 Å². The minimum Gasteiger partial charge on any atom is -0.353 e. The Hall–Kier alpha value is -1.50. The number of hydrogen-bond donors (Lipinski definition) is 0. The zero-order valence-corrected chi connectivity index (χ0v) is 11.3. The maximum absolute atomic E-state index is 12.0. The first-order chi connectivity index (χ1) is 8.70. The Labute approximate surface area is 109 Å². The molecule has 7 heteroatoms. The standard InChI is InChI=1S/C11H15N5OS/c1-14-8-9(15(2)11(14)17)12-7-13-10(8)16-3-5-18-6-4-16/h7H,3-6H2,1-2H3. The first kappa shape index (κ1) is 11.6. The van der Waals surface area contributed by atoms with Crippen LogP contribution in [0, 0.1) is 0 Å². The fraction of sp³-hybridized carbons (Fsp3) is 0.545. The third kappa shape index (κ3) is 1.61. The number of imidazole rings is 1. The van der Waals surface area contributed by atoms with Crippen molar-refractivity contribution < 1.29 is 0 Å². The molecule has 3 heterocycles. The largest absolute Gasteiger partial charge is 0.353 e.